The predicted octanol–water partition coefficient (Wildman–Crippen LogP) is 5.28. The average Bonchev–Trinajstić information content (AvgIpc) is 3.07. The van der Waals surface area contributed by atoms with Gasteiger partial charge in [0.2, 0.25) is 0 Å². The van der Waals surface area contributed by atoms with Crippen molar-refractivity contribution in [2.24, 2.45) is 5.92 Å². The molecule has 0 fully saturated rings. The Morgan fingerprint density at radius 3 is 2.03 bits per heavy atom. The summed E-state index contributed by atoms with van der Waals surface area (Å²) in [4.78, 5) is 24.2. The molecule has 1 atom stereocenters. The highest BCUT2D eigenvalue weighted by molar-refractivity contribution is 14.1. The zero-order valence-electron chi connectivity index (χ0n) is 16.3. The maximum absolute atomic E-state index is 12.5. The maximum atomic E-state index is 12.5. The molecule has 3 aromatic carbocycles. The summed E-state index contributed by atoms with van der Waals surface area (Å²) in [5, 5.41) is 9.57. The van der Waals surface area contributed by atoms with E-state index in [1.54, 1.807) is 0 Å². The van der Waals surface area contributed by atoms with Crippen molar-refractivity contribution in [2.75, 3.05) is 6.61 Å². The number of halogens is 1. The van der Waals surface area contributed by atoms with E-state index in [0.29, 0.717) is 6.42 Å². The van der Waals surface area contributed by atoms with E-state index in [0.717, 1.165) is 31.4 Å². The van der Waals surface area contributed by atoms with Crippen molar-refractivity contribution in [3.05, 3.63) is 93.1 Å². The number of carbonyl (C=O) groups excluding carboxylic acids is 1. The second-order valence-corrected chi connectivity index (χ2v) is 8.73. The van der Waals surface area contributed by atoms with Gasteiger partial charge in [-0.2, -0.15) is 0 Å². The van der Waals surface area contributed by atoms with E-state index >= 15 is 0 Å². The van der Waals surface area contributed by atoms with Crippen molar-refractivity contribution in [2.45, 2.75) is 18.8 Å². The Morgan fingerprint density at radius 1 is 0.900 bits per heavy atom. The van der Waals surface area contributed by atoms with E-state index in [1.807, 2.05) is 48.5 Å². The van der Waals surface area contributed by atoms with Gasteiger partial charge in [-0.1, -0.05) is 60.7 Å². The van der Waals surface area contributed by atoms with Crippen molar-refractivity contribution < 1.29 is 19.4 Å². The molecule has 0 radical (unpaired) electrons. The number of esters is 1. The summed E-state index contributed by atoms with van der Waals surface area (Å²) < 4.78 is 6.66. The molecule has 4 nitrogen and oxygen atoms in total. The highest BCUT2D eigenvalue weighted by Crippen LogP contribution is 2.44. The van der Waals surface area contributed by atoms with Crippen LogP contribution in [0.4, 0.5) is 0 Å². The number of carbonyl (C=O) groups is 2. The van der Waals surface area contributed by atoms with Crippen LogP contribution in [-0.4, -0.2) is 23.7 Å². The van der Waals surface area contributed by atoms with Crippen LogP contribution in [0.25, 0.3) is 11.1 Å². The minimum Gasteiger partial charge on any atom is -0.481 e. The van der Waals surface area contributed by atoms with E-state index in [-0.39, 0.29) is 18.9 Å². The van der Waals surface area contributed by atoms with Gasteiger partial charge in [0, 0.05) is 9.49 Å². The fourth-order valence-corrected chi connectivity index (χ4v) is 4.39. The number of hydrogen-bond acceptors (Lipinski definition) is 3. The Hall–Kier alpha value is -2.67. The van der Waals surface area contributed by atoms with Crippen molar-refractivity contribution >= 4 is 34.5 Å². The minimum atomic E-state index is -0.984. The summed E-state index contributed by atoms with van der Waals surface area (Å²) in [6.07, 6.45) is 0.160. The van der Waals surface area contributed by atoms with Crippen molar-refractivity contribution in [1.29, 1.82) is 0 Å². The van der Waals surface area contributed by atoms with Gasteiger partial charge in [0.05, 0.1) is 12.3 Å². The first-order valence-electron chi connectivity index (χ1n) is 9.84. The van der Waals surface area contributed by atoms with Crippen LogP contribution in [0.2, 0.25) is 0 Å². The molecule has 0 unspecified atom stereocenters. The molecule has 0 aliphatic heterocycles. The van der Waals surface area contributed by atoms with E-state index in [2.05, 4.69) is 46.9 Å². The lowest BCUT2D eigenvalue weighted by Crippen LogP contribution is -2.22. The molecule has 0 spiro atoms. The highest BCUT2D eigenvalue weighted by atomic mass is 127. The van der Waals surface area contributed by atoms with Crippen LogP contribution in [0.1, 0.15) is 29.0 Å². The van der Waals surface area contributed by atoms with E-state index in [4.69, 9.17) is 4.74 Å². The van der Waals surface area contributed by atoms with Gasteiger partial charge in [-0.25, -0.2) is 0 Å². The molecule has 0 bridgehead atoms. The van der Waals surface area contributed by atoms with Crippen molar-refractivity contribution in [3.63, 3.8) is 0 Å². The monoisotopic (exact) mass is 512 g/mol. The average molecular weight is 512 g/mol. The van der Waals surface area contributed by atoms with Crippen LogP contribution in [0.3, 0.4) is 0 Å². The largest absolute Gasteiger partial charge is 0.481 e. The topological polar surface area (TPSA) is 63.6 Å². The van der Waals surface area contributed by atoms with Gasteiger partial charge < -0.3 is 9.84 Å². The number of rotatable bonds is 7. The summed E-state index contributed by atoms with van der Waals surface area (Å²) in [6, 6.07) is 23.9. The summed E-state index contributed by atoms with van der Waals surface area (Å²) in [6.45, 7) is 0.211. The van der Waals surface area contributed by atoms with Crippen LogP contribution in [0.15, 0.2) is 72.8 Å². The molecular formula is C25H21IO4. The molecule has 1 aliphatic carbocycles. The van der Waals surface area contributed by atoms with Gasteiger partial charge in [0.1, 0.15) is 6.61 Å². The minimum absolute atomic E-state index is 0.0270. The molecule has 0 saturated carbocycles. The Kier molecular flexibility index (Phi) is 6.18. The lowest BCUT2D eigenvalue weighted by Gasteiger charge is -2.16. The molecule has 0 amide bonds. The number of aliphatic carboxylic acids is 1. The van der Waals surface area contributed by atoms with Gasteiger partial charge >= 0.3 is 11.9 Å². The molecule has 0 heterocycles. The molecule has 3 aromatic rings. The number of fused-ring (bicyclic) bond motifs is 3. The zero-order valence-corrected chi connectivity index (χ0v) is 18.4. The van der Waals surface area contributed by atoms with Crippen LogP contribution >= 0.6 is 22.6 Å². The summed E-state index contributed by atoms with van der Waals surface area (Å²) in [7, 11) is 0. The third-order valence-corrected chi connectivity index (χ3v) is 6.25. The number of carboxylic acids is 1. The fraction of sp³-hybridized carbons (Fsp3) is 0.200. The lowest BCUT2D eigenvalue weighted by atomic mass is 9.96. The van der Waals surface area contributed by atoms with Crippen LogP contribution < -0.4 is 0 Å². The summed E-state index contributed by atoms with van der Waals surface area (Å²) in [5.41, 5.74) is 5.50. The van der Waals surface area contributed by atoms with Crippen LogP contribution in [0, 0.1) is 9.49 Å². The van der Waals surface area contributed by atoms with Gasteiger partial charge in [0.25, 0.3) is 0 Å². The van der Waals surface area contributed by atoms with E-state index < -0.39 is 17.9 Å². The van der Waals surface area contributed by atoms with E-state index in [9.17, 15) is 14.7 Å². The molecular weight excluding hydrogens is 491 g/mol. The molecule has 152 valence electrons. The quantitative estimate of drug-likeness (QED) is 0.346. The first-order valence-corrected chi connectivity index (χ1v) is 10.9. The molecule has 30 heavy (non-hydrogen) atoms. The Morgan fingerprint density at radius 2 is 1.47 bits per heavy atom. The zero-order chi connectivity index (χ0) is 21.1. The standard InChI is InChI=1S/C25H21IO4/c26-18-11-9-16(10-12-18)13-17(25(28)29)14-24(27)30-15-23-21-7-3-1-5-19(21)20-6-2-4-8-22(20)23/h1-12,17,23H,13-15H2,(H,28,29)/t17-/m0/s1. The Labute approximate surface area is 189 Å². The lowest BCUT2D eigenvalue weighted by molar-refractivity contribution is -0.151. The normalized spacial score (nSPS) is 13.4. The molecule has 1 N–H and O–H groups in total. The summed E-state index contributed by atoms with van der Waals surface area (Å²) in [5.74, 6) is -2.29. The van der Waals surface area contributed by atoms with Gasteiger partial charge in [-0.15, -0.1) is 0 Å². The number of hydrogen-bond donors (Lipinski definition) is 1. The predicted molar refractivity (Wildman–Crippen MR) is 123 cm³/mol. The molecule has 0 saturated heterocycles. The molecule has 1 aliphatic rings. The third-order valence-electron chi connectivity index (χ3n) is 5.53. The van der Waals surface area contributed by atoms with Crippen LogP contribution in [-0.2, 0) is 20.7 Å². The van der Waals surface area contributed by atoms with E-state index in [1.165, 1.54) is 0 Å². The van der Waals surface area contributed by atoms with Crippen molar-refractivity contribution in [3.8, 4) is 11.1 Å². The highest BCUT2D eigenvalue weighted by Gasteiger charge is 2.30. The number of benzene rings is 3. The summed E-state index contributed by atoms with van der Waals surface area (Å²) >= 11 is 2.20. The number of ether oxygens (including phenoxy) is 1. The maximum Gasteiger partial charge on any atom is 0.307 e. The fourth-order valence-electron chi connectivity index (χ4n) is 4.03. The van der Waals surface area contributed by atoms with Crippen LogP contribution in [0.5, 0.6) is 0 Å². The van der Waals surface area contributed by atoms with Gasteiger partial charge in [0.15, 0.2) is 0 Å². The molecule has 4 rings (SSSR count). The second kappa shape index (κ2) is 9.00. The Balaban J connectivity index is 1.43. The SMILES string of the molecule is O=C(C[C@H](Cc1ccc(I)cc1)C(=O)O)OCC1c2ccccc2-c2ccccc21. The smallest absolute Gasteiger partial charge is 0.307 e. The third kappa shape index (κ3) is 4.41. The van der Waals surface area contributed by atoms with Gasteiger partial charge in [-0.05, 0) is 69.0 Å². The Bertz CT molecular complexity index is 1030. The van der Waals surface area contributed by atoms with Crippen molar-refractivity contribution in [1.82, 2.24) is 0 Å². The number of carboxylic acid groups (broad SMARTS) is 1. The first kappa shape index (κ1) is 20.6. The first-order chi connectivity index (χ1) is 14.5. The van der Waals surface area contributed by atoms with Gasteiger partial charge in [-0.3, -0.25) is 9.59 Å². The molecule has 0 aromatic heterocycles. The molecule has 5 heteroatoms. The second-order valence-electron chi connectivity index (χ2n) is 7.48.